The maximum Gasteiger partial charge on any atom is 0.461 e. The second-order valence-corrected chi connectivity index (χ2v) is 8.96. The van der Waals surface area contributed by atoms with E-state index in [-0.39, 0.29) is 12.0 Å². The highest BCUT2D eigenvalue weighted by molar-refractivity contribution is 5.79. The number of benzene rings is 3. The minimum Gasteiger partial charge on any atom is -0.494 e. The molecule has 0 spiro atoms. The van der Waals surface area contributed by atoms with Crippen LogP contribution in [-0.4, -0.2) is 37.8 Å². The summed E-state index contributed by atoms with van der Waals surface area (Å²) in [6.07, 6.45) is -16.0. The van der Waals surface area contributed by atoms with Gasteiger partial charge in [0.15, 0.2) is 11.6 Å². The highest BCUT2D eigenvalue weighted by Gasteiger charge is 2.45. The fourth-order valence-electron chi connectivity index (χ4n) is 4.06. The molecule has 0 bridgehead atoms. The number of ether oxygens (including phenoxy) is 2. The number of nitrogens with two attached hydrogens (primary N) is 1. The molecule has 3 aromatic carbocycles. The van der Waals surface area contributed by atoms with Gasteiger partial charge in [-0.1, -0.05) is 36.4 Å². The fourth-order valence-corrected chi connectivity index (χ4v) is 4.06. The minimum absolute atomic E-state index is 0.0919. The van der Waals surface area contributed by atoms with Crippen LogP contribution >= 0.6 is 0 Å². The molecule has 222 valence electrons. The second-order valence-electron chi connectivity index (χ2n) is 8.96. The van der Waals surface area contributed by atoms with Crippen molar-refractivity contribution in [1.29, 1.82) is 0 Å². The summed E-state index contributed by atoms with van der Waals surface area (Å²) < 4.78 is 131. The summed E-state index contributed by atoms with van der Waals surface area (Å²) in [4.78, 5) is 13.0. The Kier molecular flexibility index (Phi) is 9.47. The summed E-state index contributed by atoms with van der Waals surface area (Å²) in [6, 6.07) is 10.1. The third-order valence-electron chi connectivity index (χ3n) is 6.01. The maximum atomic E-state index is 14.8. The van der Waals surface area contributed by atoms with E-state index in [2.05, 4.69) is 10.1 Å². The molecule has 5 nitrogen and oxygen atoms in total. The Labute approximate surface area is 228 Å². The highest BCUT2D eigenvalue weighted by Crippen LogP contribution is 2.39. The molecule has 3 N–H and O–H groups in total. The largest absolute Gasteiger partial charge is 0.494 e. The first-order valence-electron chi connectivity index (χ1n) is 11.7. The quantitative estimate of drug-likeness (QED) is 0.264. The third kappa shape index (κ3) is 7.63. The molecular formula is C27H23F9N2O3. The predicted molar refractivity (Wildman–Crippen MR) is 129 cm³/mol. The normalized spacial score (nSPS) is 14.3. The smallest absolute Gasteiger partial charge is 0.461 e. The van der Waals surface area contributed by atoms with Crippen LogP contribution in [0.5, 0.6) is 11.5 Å². The molecule has 0 heterocycles. The Bertz CT molecular complexity index is 1350. The van der Waals surface area contributed by atoms with E-state index in [0.29, 0.717) is 17.7 Å². The first-order chi connectivity index (χ1) is 19.1. The Morgan fingerprint density at radius 1 is 0.927 bits per heavy atom. The summed E-state index contributed by atoms with van der Waals surface area (Å²) >= 11 is 0. The Morgan fingerprint density at radius 3 is 2.17 bits per heavy atom. The zero-order valence-corrected chi connectivity index (χ0v) is 21.1. The number of carbonyl (C=O) groups excluding carboxylic acids is 1. The Hall–Kier alpha value is -3.94. The average Bonchev–Trinajstić information content (AvgIpc) is 2.87. The summed E-state index contributed by atoms with van der Waals surface area (Å²) in [7, 11) is 1.10. The summed E-state index contributed by atoms with van der Waals surface area (Å²) in [5.74, 6) is -4.94. The Morgan fingerprint density at radius 2 is 1.59 bits per heavy atom. The maximum absolute atomic E-state index is 14.8. The molecule has 1 amide bonds. The number of hydrogen-bond donors (Lipinski definition) is 2. The van der Waals surface area contributed by atoms with E-state index < -0.39 is 71.3 Å². The van der Waals surface area contributed by atoms with Crippen LogP contribution in [0, 0.1) is 11.6 Å². The molecule has 41 heavy (non-hydrogen) atoms. The van der Waals surface area contributed by atoms with E-state index >= 15 is 0 Å². The lowest BCUT2D eigenvalue weighted by Crippen LogP contribution is -2.51. The van der Waals surface area contributed by atoms with Gasteiger partial charge in [-0.25, -0.2) is 8.78 Å². The molecule has 0 aliphatic heterocycles. The van der Waals surface area contributed by atoms with Crippen LogP contribution in [0.4, 0.5) is 39.5 Å². The zero-order valence-electron chi connectivity index (χ0n) is 21.1. The van der Waals surface area contributed by atoms with Crippen LogP contribution in [0.3, 0.4) is 0 Å². The van der Waals surface area contributed by atoms with Gasteiger partial charge in [0.2, 0.25) is 5.91 Å². The number of nitrogens with one attached hydrogen (secondary N) is 1. The van der Waals surface area contributed by atoms with Crippen LogP contribution in [-0.2, 0) is 16.8 Å². The number of halogens is 9. The van der Waals surface area contributed by atoms with Gasteiger partial charge in [0.25, 0.3) is 0 Å². The van der Waals surface area contributed by atoms with Gasteiger partial charge in [0, 0.05) is 12.5 Å². The summed E-state index contributed by atoms with van der Waals surface area (Å²) in [5, 5.41) is 2.37. The third-order valence-corrected chi connectivity index (χ3v) is 6.01. The molecular weight excluding hydrogens is 571 g/mol. The zero-order chi connectivity index (χ0) is 30.6. The number of hydrogen-bond acceptors (Lipinski definition) is 4. The van der Waals surface area contributed by atoms with Crippen molar-refractivity contribution in [1.82, 2.24) is 5.32 Å². The van der Waals surface area contributed by atoms with E-state index in [1.807, 2.05) is 0 Å². The van der Waals surface area contributed by atoms with Gasteiger partial charge in [-0.15, -0.1) is 0 Å². The van der Waals surface area contributed by atoms with E-state index in [0.717, 1.165) is 31.4 Å². The van der Waals surface area contributed by atoms with Crippen molar-refractivity contribution < 1.29 is 53.8 Å². The lowest BCUT2D eigenvalue weighted by atomic mass is 9.77. The first-order valence-corrected chi connectivity index (χ1v) is 11.7. The van der Waals surface area contributed by atoms with Crippen LogP contribution in [0.15, 0.2) is 66.7 Å². The Balaban J connectivity index is 2.30. The second kappa shape index (κ2) is 12.3. The van der Waals surface area contributed by atoms with Gasteiger partial charge in [0.1, 0.15) is 17.6 Å². The molecule has 0 radical (unpaired) electrons. The number of carbonyl (C=O) groups is 1. The summed E-state index contributed by atoms with van der Waals surface area (Å²) in [6.45, 7) is 0. The molecule has 0 aromatic heterocycles. The van der Waals surface area contributed by atoms with Gasteiger partial charge in [-0.2, -0.15) is 30.7 Å². The molecule has 0 saturated carbocycles. The molecule has 3 aromatic rings. The van der Waals surface area contributed by atoms with Crippen molar-refractivity contribution >= 4 is 5.91 Å². The van der Waals surface area contributed by atoms with Gasteiger partial charge < -0.3 is 20.5 Å². The standard InChI is InChI=1S/C27H23F9N2O3/c1-40-21-11-16(7-8-20(21)29)25(14-15-5-3-2-4-6-15,38-23(39)13-22(37)26(32,33)34)17-9-18(28)12-19(10-17)41-27(35,36)24(30)31/h2-12,22,24H,13-14,37H2,1H3,(H,38,39)/t22?,25-/m1/s1. The van der Waals surface area contributed by atoms with Crippen molar-refractivity contribution in [3.05, 3.63) is 95.1 Å². The van der Waals surface area contributed by atoms with Crippen molar-refractivity contribution in [2.75, 3.05) is 7.11 Å². The van der Waals surface area contributed by atoms with Gasteiger partial charge >= 0.3 is 18.7 Å². The first kappa shape index (κ1) is 31.6. The molecule has 0 aliphatic carbocycles. The fraction of sp³-hybridized carbons (Fsp3) is 0.296. The topological polar surface area (TPSA) is 73.6 Å². The predicted octanol–water partition coefficient (Wildman–Crippen LogP) is 6.09. The highest BCUT2D eigenvalue weighted by atomic mass is 19.4. The van der Waals surface area contributed by atoms with Crippen molar-refractivity contribution in [2.24, 2.45) is 5.73 Å². The van der Waals surface area contributed by atoms with E-state index in [1.165, 1.54) is 12.1 Å². The van der Waals surface area contributed by atoms with E-state index in [4.69, 9.17) is 10.5 Å². The van der Waals surface area contributed by atoms with Gasteiger partial charge in [0.05, 0.1) is 19.1 Å². The average molecular weight is 594 g/mol. The van der Waals surface area contributed by atoms with Crippen LogP contribution < -0.4 is 20.5 Å². The number of alkyl halides is 7. The lowest BCUT2D eigenvalue weighted by Gasteiger charge is -2.37. The van der Waals surface area contributed by atoms with E-state index in [9.17, 15) is 44.3 Å². The number of rotatable bonds is 11. The molecule has 1 unspecified atom stereocenters. The van der Waals surface area contributed by atoms with Gasteiger partial charge in [-0.05, 0) is 41.0 Å². The molecule has 0 fully saturated rings. The lowest BCUT2D eigenvalue weighted by molar-refractivity contribution is -0.253. The molecule has 14 heteroatoms. The number of methoxy groups -OCH3 is 1. The molecule has 0 aliphatic rings. The van der Waals surface area contributed by atoms with Crippen LogP contribution in [0.2, 0.25) is 0 Å². The molecule has 2 atom stereocenters. The van der Waals surface area contributed by atoms with Crippen molar-refractivity contribution in [2.45, 2.75) is 43.1 Å². The van der Waals surface area contributed by atoms with Crippen LogP contribution in [0.1, 0.15) is 23.1 Å². The monoisotopic (exact) mass is 594 g/mol. The summed E-state index contributed by atoms with van der Waals surface area (Å²) in [5.41, 5.74) is 2.89. The van der Waals surface area contributed by atoms with Crippen molar-refractivity contribution in [3.8, 4) is 11.5 Å². The van der Waals surface area contributed by atoms with E-state index in [1.54, 1.807) is 18.2 Å². The van der Waals surface area contributed by atoms with Crippen molar-refractivity contribution in [3.63, 3.8) is 0 Å². The molecule has 0 saturated heterocycles. The SMILES string of the molecule is COc1cc([C@@](Cc2ccccc2)(NC(=O)CC(N)C(F)(F)F)c2cc(F)cc(OC(F)(F)C(F)F)c2)ccc1F. The number of amides is 1. The van der Waals surface area contributed by atoms with Crippen LogP contribution in [0.25, 0.3) is 0 Å². The molecule has 3 rings (SSSR count). The van der Waals surface area contributed by atoms with Gasteiger partial charge in [-0.3, -0.25) is 4.79 Å². The minimum atomic E-state index is -5.05.